The summed E-state index contributed by atoms with van der Waals surface area (Å²) in [5, 5.41) is 2.77. The molecule has 0 bridgehead atoms. The quantitative estimate of drug-likeness (QED) is 0.660. The van der Waals surface area contributed by atoms with Crippen LogP contribution in [0.15, 0.2) is 54.2 Å². The summed E-state index contributed by atoms with van der Waals surface area (Å²) in [5.41, 5.74) is 2.25. The van der Waals surface area contributed by atoms with E-state index >= 15 is 0 Å². The lowest BCUT2D eigenvalue weighted by Gasteiger charge is -2.22. The molecule has 1 aromatic carbocycles. The summed E-state index contributed by atoms with van der Waals surface area (Å²) in [6, 6.07) is 10.7. The number of thiazole rings is 1. The van der Waals surface area contributed by atoms with E-state index in [1.165, 1.54) is 17.4 Å². The van der Waals surface area contributed by atoms with Crippen molar-refractivity contribution in [3.05, 3.63) is 71.2 Å². The number of halogens is 1. The zero-order valence-corrected chi connectivity index (χ0v) is 15.0. The Bertz CT molecular complexity index is 908. The zero-order valence-electron chi connectivity index (χ0n) is 14.1. The van der Waals surface area contributed by atoms with Crippen LogP contribution < -0.4 is 0 Å². The number of carbonyl (C=O) groups is 1. The van der Waals surface area contributed by atoms with E-state index in [2.05, 4.69) is 9.97 Å². The number of hydrogen-bond acceptors (Lipinski definition) is 4. The van der Waals surface area contributed by atoms with E-state index in [4.69, 9.17) is 0 Å². The standard InChI is InChI=1S/C20H18FN3OS/c21-18-6-2-1-4-15(18)12-24(17-7-8-17)19(25)10-16-13-26-20(23-16)14-5-3-9-22-11-14/h1-6,9,11,13,17H,7-8,10,12H2. The first-order chi connectivity index (χ1) is 12.7. The molecule has 1 saturated carbocycles. The van der Waals surface area contributed by atoms with E-state index in [-0.39, 0.29) is 24.2 Å². The lowest BCUT2D eigenvalue weighted by molar-refractivity contribution is -0.131. The van der Waals surface area contributed by atoms with Gasteiger partial charge in [0.2, 0.25) is 5.91 Å². The van der Waals surface area contributed by atoms with E-state index in [1.807, 2.05) is 17.5 Å². The van der Waals surface area contributed by atoms with Crippen molar-refractivity contribution in [1.29, 1.82) is 0 Å². The minimum atomic E-state index is -0.265. The van der Waals surface area contributed by atoms with Gasteiger partial charge in [0.15, 0.2) is 0 Å². The van der Waals surface area contributed by atoms with Gasteiger partial charge in [0, 0.05) is 41.5 Å². The second-order valence-corrected chi connectivity index (χ2v) is 7.26. The molecule has 4 rings (SSSR count). The minimum Gasteiger partial charge on any atom is -0.335 e. The highest BCUT2D eigenvalue weighted by Gasteiger charge is 2.33. The number of nitrogens with zero attached hydrogens (tertiary/aromatic N) is 3. The molecule has 1 aliphatic carbocycles. The molecule has 0 radical (unpaired) electrons. The lowest BCUT2D eigenvalue weighted by Crippen LogP contribution is -2.34. The Kier molecular flexibility index (Phi) is 4.75. The lowest BCUT2D eigenvalue weighted by atomic mass is 10.2. The van der Waals surface area contributed by atoms with E-state index in [0.29, 0.717) is 12.1 Å². The van der Waals surface area contributed by atoms with Gasteiger partial charge in [0.1, 0.15) is 10.8 Å². The van der Waals surface area contributed by atoms with Crippen LogP contribution in [-0.4, -0.2) is 26.8 Å². The van der Waals surface area contributed by atoms with Crippen molar-refractivity contribution < 1.29 is 9.18 Å². The molecule has 26 heavy (non-hydrogen) atoms. The van der Waals surface area contributed by atoms with E-state index in [1.54, 1.807) is 35.5 Å². The van der Waals surface area contributed by atoms with Crippen LogP contribution in [0.1, 0.15) is 24.1 Å². The van der Waals surface area contributed by atoms with Crippen LogP contribution >= 0.6 is 11.3 Å². The number of hydrogen-bond donors (Lipinski definition) is 0. The topological polar surface area (TPSA) is 46.1 Å². The van der Waals surface area contributed by atoms with Gasteiger partial charge in [-0.3, -0.25) is 9.78 Å². The van der Waals surface area contributed by atoms with Crippen LogP contribution in [0.5, 0.6) is 0 Å². The highest BCUT2D eigenvalue weighted by Crippen LogP contribution is 2.30. The molecule has 2 heterocycles. The monoisotopic (exact) mass is 367 g/mol. The van der Waals surface area contributed by atoms with Crippen molar-refractivity contribution in [2.45, 2.75) is 31.8 Å². The summed E-state index contributed by atoms with van der Waals surface area (Å²) in [6.07, 6.45) is 5.69. The second-order valence-electron chi connectivity index (χ2n) is 6.41. The van der Waals surface area contributed by atoms with Crippen molar-refractivity contribution in [3.8, 4) is 10.6 Å². The van der Waals surface area contributed by atoms with Gasteiger partial charge in [-0.2, -0.15) is 0 Å². The molecular weight excluding hydrogens is 349 g/mol. The fraction of sp³-hybridized carbons (Fsp3) is 0.250. The third-order valence-corrected chi connectivity index (χ3v) is 5.34. The molecule has 0 unspecified atom stereocenters. The Morgan fingerprint density at radius 1 is 1.23 bits per heavy atom. The van der Waals surface area contributed by atoms with Crippen LogP contribution in [0.25, 0.3) is 10.6 Å². The van der Waals surface area contributed by atoms with Crippen molar-refractivity contribution in [3.63, 3.8) is 0 Å². The molecule has 3 aromatic rings. The van der Waals surface area contributed by atoms with Gasteiger partial charge in [-0.15, -0.1) is 11.3 Å². The Balaban J connectivity index is 1.47. The number of amides is 1. The third-order valence-electron chi connectivity index (χ3n) is 4.40. The number of carbonyl (C=O) groups excluding carboxylic acids is 1. The molecule has 1 amide bonds. The second kappa shape index (κ2) is 7.33. The molecule has 6 heteroatoms. The average Bonchev–Trinajstić information content (AvgIpc) is 3.40. The summed E-state index contributed by atoms with van der Waals surface area (Å²) in [6.45, 7) is 0.315. The smallest absolute Gasteiger partial charge is 0.229 e. The van der Waals surface area contributed by atoms with Gasteiger partial charge in [-0.05, 0) is 31.0 Å². The normalized spacial score (nSPS) is 13.6. The Morgan fingerprint density at radius 2 is 2.08 bits per heavy atom. The maximum atomic E-state index is 14.0. The minimum absolute atomic E-state index is 0.00112. The van der Waals surface area contributed by atoms with E-state index in [9.17, 15) is 9.18 Å². The molecule has 1 aliphatic rings. The van der Waals surface area contributed by atoms with Crippen molar-refractivity contribution in [2.24, 2.45) is 0 Å². The highest BCUT2D eigenvalue weighted by molar-refractivity contribution is 7.13. The Hall–Kier alpha value is -2.60. The van der Waals surface area contributed by atoms with Gasteiger partial charge in [0.25, 0.3) is 0 Å². The average molecular weight is 367 g/mol. The van der Waals surface area contributed by atoms with Gasteiger partial charge in [-0.25, -0.2) is 9.37 Å². The number of benzene rings is 1. The van der Waals surface area contributed by atoms with E-state index < -0.39 is 0 Å². The molecule has 1 fully saturated rings. The number of aromatic nitrogens is 2. The Morgan fingerprint density at radius 3 is 2.81 bits per heavy atom. The number of rotatable bonds is 6. The predicted octanol–water partition coefficient (Wildman–Crippen LogP) is 4.08. The van der Waals surface area contributed by atoms with Crippen LogP contribution in [0.4, 0.5) is 4.39 Å². The molecule has 0 N–H and O–H groups in total. The van der Waals surface area contributed by atoms with Gasteiger partial charge < -0.3 is 4.90 Å². The summed E-state index contributed by atoms with van der Waals surface area (Å²) in [5.74, 6) is -0.266. The Labute approximate surface area is 155 Å². The molecular formula is C20H18FN3OS. The maximum absolute atomic E-state index is 14.0. The van der Waals surface area contributed by atoms with Gasteiger partial charge >= 0.3 is 0 Å². The summed E-state index contributed by atoms with van der Waals surface area (Å²) in [4.78, 5) is 23.3. The molecule has 0 atom stereocenters. The molecule has 132 valence electrons. The van der Waals surface area contributed by atoms with Crippen molar-refractivity contribution >= 4 is 17.2 Å². The molecule has 0 spiro atoms. The van der Waals surface area contributed by atoms with Gasteiger partial charge in [-0.1, -0.05) is 18.2 Å². The van der Waals surface area contributed by atoms with Gasteiger partial charge in [0.05, 0.1) is 12.1 Å². The predicted molar refractivity (Wildman–Crippen MR) is 99.0 cm³/mol. The molecule has 0 saturated heterocycles. The van der Waals surface area contributed by atoms with Crippen LogP contribution in [0, 0.1) is 5.82 Å². The number of pyridine rings is 1. The first-order valence-corrected chi connectivity index (χ1v) is 9.46. The first kappa shape index (κ1) is 16.8. The highest BCUT2D eigenvalue weighted by atomic mass is 32.1. The maximum Gasteiger partial charge on any atom is 0.229 e. The van der Waals surface area contributed by atoms with E-state index in [0.717, 1.165) is 29.1 Å². The zero-order chi connectivity index (χ0) is 17.9. The summed E-state index contributed by atoms with van der Waals surface area (Å²) < 4.78 is 14.0. The van der Waals surface area contributed by atoms with Crippen LogP contribution in [-0.2, 0) is 17.8 Å². The first-order valence-electron chi connectivity index (χ1n) is 8.58. The van der Waals surface area contributed by atoms with Crippen LogP contribution in [0.2, 0.25) is 0 Å². The fourth-order valence-corrected chi connectivity index (χ4v) is 3.69. The summed E-state index contributed by atoms with van der Waals surface area (Å²) >= 11 is 1.50. The SMILES string of the molecule is O=C(Cc1csc(-c2cccnc2)n1)N(Cc1ccccc1F)C1CC1. The largest absolute Gasteiger partial charge is 0.335 e. The molecule has 2 aromatic heterocycles. The molecule has 0 aliphatic heterocycles. The fourth-order valence-electron chi connectivity index (χ4n) is 2.88. The van der Waals surface area contributed by atoms with Crippen LogP contribution in [0.3, 0.4) is 0 Å². The van der Waals surface area contributed by atoms with Crippen molar-refractivity contribution in [1.82, 2.24) is 14.9 Å². The molecule has 4 nitrogen and oxygen atoms in total. The van der Waals surface area contributed by atoms with Crippen molar-refractivity contribution in [2.75, 3.05) is 0 Å². The summed E-state index contributed by atoms with van der Waals surface area (Å²) in [7, 11) is 0. The third kappa shape index (κ3) is 3.80.